The number of amides is 1. The highest BCUT2D eigenvalue weighted by molar-refractivity contribution is 5.93. The highest BCUT2D eigenvalue weighted by atomic mass is 16.5. The monoisotopic (exact) mass is 371 g/mol. The molecule has 0 atom stereocenters. The van der Waals surface area contributed by atoms with E-state index in [4.69, 9.17) is 4.52 Å². The Bertz CT molecular complexity index is 1100. The second-order valence-corrected chi connectivity index (χ2v) is 6.76. The highest BCUT2D eigenvalue weighted by Gasteiger charge is 2.34. The number of carbonyl (C=O) groups excluding carboxylic acids is 1. The molecule has 0 aliphatic carbocycles. The Hall–Kier alpha value is -3.74. The molecule has 0 radical (unpaired) electrons. The van der Waals surface area contributed by atoms with Gasteiger partial charge in [0, 0.05) is 30.3 Å². The van der Waals surface area contributed by atoms with Crippen molar-refractivity contribution in [3.05, 3.63) is 78.6 Å². The Labute approximate surface area is 161 Å². The summed E-state index contributed by atoms with van der Waals surface area (Å²) in [6.07, 6.45) is 1.92. The Balaban J connectivity index is 1.24. The van der Waals surface area contributed by atoms with Crippen LogP contribution in [0.3, 0.4) is 0 Å². The van der Waals surface area contributed by atoms with Crippen molar-refractivity contribution in [3.8, 4) is 22.6 Å². The Morgan fingerprint density at radius 1 is 0.964 bits per heavy atom. The van der Waals surface area contributed by atoms with Crippen molar-refractivity contribution in [1.29, 1.82) is 0 Å². The summed E-state index contributed by atoms with van der Waals surface area (Å²) in [6.45, 7) is 1.15. The molecule has 2 aromatic carbocycles. The van der Waals surface area contributed by atoms with Gasteiger partial charge in [0.1, 0.15) is 5.69 Å². The average molecular weight is 371 g/mol. The van der Waals surface area contributed by atoms with Crippen LogP contribution in [0.1, 0.15) is 16.5 Å². The van der Waals surface area contributed by atoms with Crippen LogP contribution in [-0.4, -0.2) is 44.0 Å². The van der Waals surface area contributed by atoms with E-state index in [-0.39, 0.29) is 11.9 Å². The van der Waals surface area contributed by atoms with Crippen LogP contribution in [0.25, 0.3) is 22.6 Å². The van der Waals surface area contributed by atoms with Crippen LogP contribution in [0.2, 0.25) is 0 Å². The van der Waals surface area contributed by atoms with Crippen molar-refractivity contribution in [3.63, 3.8) is 0 Å². The molecule has 0 bridgehead atoms. The van der Waals surface area contributed by atoms with Gasteiger partial charge in [0.15, 0.2) is 11.5 Å². The minimum absolute atomic E-state index is 0.120. The molecule has 138 valence electrons. The topological polar surface area (TPSA) is 77.0 Å². The molecule has 1 saturated heterocycles. The van der Waals surface area contributed by atoms with E-state index in [2.05, 4.69) is 15.5 Å². The van der Waals surface area contributed by atoms with Gasteiger partial charge >= 0.3 is 0 Å². The molecule has 28 heavy (non-hydrogen) atoms. The second-order valence-electron chi connectivity index (χ2n) is 6.76. The number of benzene rings is 2. The predicted molar refractivity (Wildman–Crippen MR) is 102 cm³/mol. The first kappa shape index (κ1) is 16.4. The lowest BCUT2D eigenvalue weighted by molar-refractivity contribution is 0.0488. The fourth-order valence-corrected chi connectivity index (χ4v) is 3.26. The fraction of sp³-hybridized carbons (Fsp3) is 0.143. The van der Waals surface area contributed by atoms with E-state index in [9.17, 15) is 4.79 Å². The molecule has 7 nitrogen and oxygen atoms in total. The molecule has 0 saturated carbocycles. The lowest BCUT2D eigenvalue weighted by Gasteiger charge is -2.38. The molecule has 1 fully saturated rings. The van der Waals surface area contributed by atoms with E-state index in [0.717, 1.165) is 16.8 Å². The molecule has 0 N–H and O–H groups in total. The summed E-state index contributed by atoms with van der Waals surface area (Å²) in [5.74, 6) is 0.454. The summed E-state index contributed by atoms with van der Waals surface area (Å²) < 4.78 is 7.15. The first-order valence-electron chi connectivity index (χ1n) is 9.06. The highest BCUT2D eigenvalue weighted by Crippen LogP contribution is 2.26. The van der Waals surface area contributed by atoms with E-state index < -0.39 is 0 Å². The number of rotatable bonds is 4. The van der Waals surface area contributed by atoms with Gasteiger partial charge in [-0.25, -0.2) is 4.68 Å². The molecule has 2 aromatic heterocycles. The molecule has 1 aliphatic rings. The Kier molecular flexibility index (Phi) is 3.97. The van der Waals surface area contributed by atoms with E-state index in [1.54, 1.807) is 11.0 Å². The van der Waals surface area contributed by atoms with Crippen LogP contribution in [0.4, 0.5) is 0 Å². The van der Waals surface area contributed by atoms with Crippen molar-refractivity contribution in [1.82, 2.24) is 25.1 Å². The summed E-state index contributed by atoms with van der Waals surface area (Å²) in [4.78, 5) is 14.4. The molecule has 0 unspecified atom stereocenters. The molecule has 3 heterocycles. The summed E-state index contributed by atoms with van der Waals surface area (Å²) in [7, 11) is 0. The standard InChI is InChI=1S/C21H17N5O2/c27-21(18-11-20(28-23-18)16-9-5-2-6-10-16)25-12-17(13-25)26-14-19(22-24-26)15-7-3-1-4-8-15/h1-11,14,17H,12-13H2. The predicted octanol–water partition coefficient (Wildman–Crippen LogP) is 3.30. The number of carbonyl (C=O) groups is 1. The molecule has 5 rings (SSSR count). The summed E-state index contributed by atoms with van der Waals surface area (Å²) in [5, 5.41) is 12.4. The SMILES string of the molecule is O=C(c1cc(-c2ccccc2)on1)N1CC(n2cc(-c3ccccc3)nn2)C1. The number of hydrogen-bond acceptors (Lipinski definition) is 5. The Morgan fingerprint density at radius 2 is 1.64 bits per heavy atom. The van der Waals surface area contributed by atoms with Crippen LogP contribution < -0.4 is 0 Å². The maximum absolute atomic E-state index is 12.6. The van der Waals surface area contributed by atoms with Gasteiger partial charge in [0.25, 0.3) is 5.91 Å². The van der Waals surface area contributed by atoms with Gasteiger partial charge in [-0.05, 0) is 0 Å². The lowest BCUT2D eigenvalue weighted by atomic mass is 10.1. The fourth-order valence-electron chi connectivity index (χ4n) is 3.26. The van der Waals surface area contributed by atoms with Gasteiger partial charge in [-0.3, -0.25) is 4.79 Å². The van der Waals surface area contributed by atoms with E-state index in [0.29, 0.717) is 24.5 Å². The van der Waals surface area contributed by atoms with Crippen molar-refractivity contribution in [2.75, 3.05) is 13.1 Å². The first-order chi connectivity index (χ1) is 13.8. The summed E-state index contributed by atoms with van der Waals surface area (Å²) in [6, 6.07) is 21.3. The molecule has 0 spiro atoms. The minimum Gasteiger partial charge on any atom is -0.355 e. The van der Waals surface area contributed by atoms with Crippen molar-refractivity contribution < 1.29 is 9.32 Å². The number of hydrogen-bond donors (Lipinski definition) is 0. The molecule has 7 heteroatoms. The van der Waals surface area contributed by atoms with E-state index >= 15 is 0 Å². The number of likely N-dealkylation sites (tertiary alicyclic amines) is 1. The Morgan fingerprint density at radius 3 is 2.36 bits per heavy atom. The normalized spacial score (nSPS) is 14.1. The van der Waals surface area contributed by atoms with Gasteiger partial charge in [0.2, 0.25) is 0 Å². The van der Waals surface area contributed by atoms with Gasteiger partial charge in [-0.1, -0.05) is 71.0 Å². The first-order valence-corrected chi connectivity index (χ1v) is 9.06. The van der Waals surface area contributed by atoms with Crippen LogP contribution in [-0.2, 0) is 0 Å². The van der Waals surface area contributed by atoms with E-state index in [1.165, 1.54) is 0 Å². The minimum atomic E-state index is -0.134. The third-order valence-corrected chi connectivity index (χ3v) is 4.89. The lowest BCUT2D eigenvalue weighted by Crippen LogP contribution is -2.51. The maximum Gasteiger partial charge on any atom is 0.276 e. The third-order valence-electron chi connectivity index (χ3n) is 4.89. The van der Waals surface area contributed by atoms with Crippen LogP contribution in [0.5, 0.6) is 0 Å². The van der Waals surface area contributed by atoms with Gasteiger partial charge < -0.3 is 9.42 Å². The second kappa shape index (κ2) is 6.77. The van der Waals surface area contributed by atoms with Crippen molar-refractivity contribution >= 4 is 5.91 Å². The van der Waals surface area contributed by atoms with Crippen molar-refractivity contribution in [2.45, 2.75) is 6.04 Å². The van der Waals surface area contributed by atoms with Crippen LogP contribution in [0.15, 0.2) is 77.4 Å². The van der Waals surface area contributed by atoms with Crippen LogP contribution >= 0.6 is 0 Å². The quantitative estimate of drug-likeness (QED) is 0.550. The molecule has 1 aliphatic heterocycles. The zero-order chi connectivity index (χ0) is 18.9. The van der Waals surface area contributed by atoms with Gasteiger partial charge in [-0.15, -0.1) is 5.10 Å². The average Bonchev–Trinajstić information content (AvgIpc) is 3.38. The number of aromatic nitrogens is 4. The smallest absolute Gasteiger partial charge is 0.276 e. The largest absolute Gasteiger partial charge is 0.355 e. The molecule has 1 amide bonds. The maximum atomic E-state index is 12.6. The molecular formula is C21H17N5O2. The van der Waals surface area contributed by atoms with Crippen molar-refractivity contribution in [2.24, 2.45) is 0 Å². The zero-order valence-electron chi connectivity index (χ0n) is 15.0. The third kappa shape index (κ3) is 2.96. The summed E-state index contributed by atoms with van der Waals surface area (Å²) in [5.41, 5.74) is 3.07. The molecular weight excluding hydrogens is 354 g/mol. The van der Waals surface area contributed by atoms with Gasteiger partial charge in [0.05, 0.1) is 12.2 Å². The summed E-state index contributed by atoms with van der Waals surface area (Å²) >= 11 is 0. The molecule has 4 aromatic rings. The zero-order valence-corrected chi connectivity index (χ0v) is 15.0. The van der Waals surface area contributed by atoms with Gasteiger partial charge in [-0.2, -0.15) is 0 Å². The van der Waals surface area contributed by atoms with Crippen LogP contribution in [0, 0.1) is 0 Å². The van der Waals surface area contributed by atoms with E-state index in [1.807, 2.05) is 71.5 Å². The number of nitrogens with zero attached hydrogens (tertiary/aromatic N) is 5.